The Kier molecular flexibility index (Phi) is 7.37. The summed E-state index contributed by atoms with van der Waals surface area (Å²) in [6.45, 7) is 10.8. The molecule has 7 nitrogen and oxygen atoms in total. The molecule has 3 aliphatic rings. The van der Waals surface area contributed by atoms with Crippen LogP contribution in [0.4, 0.5) is 11.5 Å². The van der Waals surface area contributed by atoms with Gasteiger partial charge in [-0.15, -0.1) is 0 Å². The Morgan fingerprint density at radius 3 is 2.56 bits per heavy atom. The molecule has 2 fully saturated rings. The zero-order chi connectivity index (χ0) is 25.1. The molecular weight excluding hydrogens is 450 g/mol. The number of nitrogens with two attached hydrogens (primary N) is 1. The van der Waals surface area contributed by atoms with Crippen LogP contribution in [0.1, 0.15) is 56.6 Å². The van der Waals surface area contributed by atoms with Crippen molar-refractivity contribution in [2.75, 3.05) is 49.9 Å². The van der Waals surface area contributed by atoms with Crippen LogP contribution in [0.3, 0.4) is 0 Å². The molecule has 2 aromatic rings. The molecule has 7 heteroatoms. The molecule has 2 N–H and O–H groups in total. The van der Waals surface area contributed by atoms with Crippen molar-refractivity contribution in [3.63, 3.8) is 0 Å². The largest absolute Gasteiger partial charge is 0.485 e. The number of nitrogens with zero attached hydrogens (tertiary/aromatic N) is 4. The molecule has 36 heavy (non-hydrogen) atoms. The number of anilines is 2. The van der Waals surface area contributed by atoms with E-state index in [2.05, 4.69) is 51.7 Å². The Balaban J connectivity index is 1.16. The molecular formula is C29H41N5O2. The SMILES string of the molecule is CCCN1CCC2(CCN(C(=O)C3CCN(Cc4ccnc(N)c4)CC3)CC2)Oc2ccc(C)cc21. The van der Waals surface area contributed by atoms with E-state index in [4.69, 9.17) is 10.5 Å². The molecule has 1 aromatic carbocycles. The highest BCUT2D eigenvalue weighted by molar-refractivity contribution is 5.79. The molecule has 3 aliphatic heterocycles. The number of piperidine rings is 2. The molecule has 5 rings (SSSR count). The van der Waals surface area contributed by atoms with Crippen molar-refractivity contribution in [2.45, 2.75) is 64.5 Å². The van der Waals surface area contributed by atoms with Crippen LogP contribution in [0.2, 0.25) is 0 Å². The second-order valence-corrected chi connectivity index (χ2v) is 11.0. The van der Waals surface area contributed by atoms with Crippen molar-refractivity contribution in [1.82, 2.24) is 14.8 Å². The van der Waals surface area contributed by atoms with Gasteiger partial charge in [0.2, 0.25) is 5.91 Å². The number of nitrogen functional groups attached to an aromatic ring is 1. The Hall–Kier alpha value is -2.80. The van der Waals surface area contributed by atoms with Crippen molar-refractivity contribution >= 4 is 17.4 Å². The zero-order valence-corrected chi connectivity index (χ0v) is 21.9. The van der Waals surface area contributed by atoms with Gasteiger partial charge >= 0.3 is 0 Å². The van der Waals surface area contributed by atoms with Crippen LogP contribution in [0.25, 0.3) is 0 Å². The number of rotatable bonds is 5. The summed E-state index contributed by atoms with van der Waals surface area (Å²) < 4.78 is 6.77. The third-order valence-corrected chi connectivity index (χ3v) is 8.29. The Morgan fingerprint density at radius 2 is 1.83 bits per heavy atom. The van der Waals surface area contributed by atoms with Crippen LogP contribution in [0, 0.1) is 12.8 Å². The van der Waals surface area contributed by atoms with Gasteiger partial charge in [-0.05, 0) is 74.7 Å². The van der Waals surface area contributed by atoms with Gasteiger partial charge in [-0.2, -0.15) is 0 Å². The number of carbonyl (C=O) groups excluding carboxylic acids is 1. The lowest BCUT2D eigenvalue weighted by atomic mass is 9.86. The lowest BCUT2D eigenvalue weighted by molar-refractivity contribution is -0.140. The predicted molar refractivity (Wildman–Crippen MR) is 144 cm³/mol. The van der Waals surface area contributed by atoms with Gasteiger partial charge in [0.05, 0.1) is 5.69 Å². The van der Waals surface area contributed by atoms with Gasteiger partial charge in [-0.1, -0.05) is 13.0 Å². The van der Waals surface area contributed by atoms with E-state index < -0.39 is 0 Å². The summed E-state index contributed by atoms with van der Waals surface area (Å²) in [5.74, 6) is 2.05. The number of ether oxygens (including phenoxy) is 1. The minimum Gasteiger partial charge on any atom is -0.485 e. The molecule has 1 spiro atoms. The predicted octanol–water partition coefficient (Wildman–Crippen LogP) is 4.24. The molecule has 2 saturated heterocycles. The number of aromatic nitrogens is 1. The molecule has 0 atom stereocenters. The summed E-state index contributed by atoms with van der Waals surface area (Å²) in [6.07, 6.45) is 7.58. The first-order valence-corrected chi connectivity index (χ1v) is 13.7. The lowest BCUT2D eigenvalue weighted by Gasteiger charge is -2.43. The van der Waals surface area contributed by atoms with E-state index in [1.54, 1.807) is 6.20 Å². The quantitative estimate of drug-likeness (QED) is 0.674. The Labute approximate surface area is 215 Å². The summed E-state index contributed by atoms with van der Waals surface area (Å²) >= 11 is 0. The second kappa shape index (κ2) is 10.7. The number of benzene rings is 1. The summed E-state index contributed by atoms with van der Waals surface area (Å²) in [6, 6.07) is 10.5. The number of hydrogen-bond acceptors (Lipinski definition) is 6. The fourth-order valence-corrected chi connectivity index (χ4v) is 6.14. The summed E-state index contributed by atoms with van der Waals surface area (Å²) in [5, 5.41) is 0. The molecule has 0 radical (unpaired) electrons. The highest BCUT2D eigenvalue weighted by Crippen LogP contribution is 2.41. The summed E-state index contributed by atoms with van der Waals surface area (Å²) in [4.78, 5) is 24.5. The van der Waals surface area contributed by atoms with Crippen molar-refractivity contribution in [1.29, 1.82) is 0 Å². The average Bonchev–Trinajstić information content (AvgIpc) is 3.02. The van der Waals surface area contributed by atoms with Crippen LogP contribution in [0.5, 0.6) is 5.75 Å². The molecule has 0 aliphatic carbocycles. The minimum absolute atomic E-state index is 0.136. The monoisotopic (exact) mass is 491 g/mol. The summed E-state index contributed by atoms with van der Waals surface area (Å²) in [7, 11) is 0. The van der Waals surface area contributed by atoms with Gasteiger partial charge in [0.25, 0.3) is 0 Å². The number of pyridine rings is 1. The lowest BCUT2D eigenvalue weighted by Crippen LogP contribution is -2.52. The standard InChI is InChI=1S/C29H41N5O2/c1-3-13-33-16-9-29(36-26-5-4-22(2)19-25(26)33)10-17-34(18-11-29)28(35)24-7-14-32(15-8-24)21-23-6-12-31-27(30)20-23/h4-6,12,19-20,24H,3,7-11,13-18,21H2,1-2H3,(H2,30,31). The molecule has 194 valence electrons. The number of likely N-dealkylation sites (tertiary alicyclic amines) is 2. The van der Waals surface area contributed by atoms with Gasteiger partial charge in [0.15, 0.2) is 0 Å². The van der Waals surface area contributed by atoms with E-state index >= 15 is 0 Å². The van der Waals surface area contributed by atoms with Crippen molar-refractivity contribution in [3.8, 4) is 5.75 Å². The normalized spacial score (nSPS) is 20.6. The van der Waals surface area contributed by atoms with E-state index in [-0.39, 0.29) is 11.5 Å². The van der Waals surface area contributed by atoms with Gasteiger partial charge < -0.3 is 20.3 Å². The maximum atomic E-state index is 13.4. The first-order valence-electron chi connectivity index (χ1n) is 13.7. The number of carbonyl (C=O) groups is 1. The fraction of sp³-hybridized carbons (Fsp3) is 0.586. The second-order valence-electron chi connectivity index (χ2n) is 11.0. The van der Waals surface area contributed by atoms with Crippen LogP contribution in [-0.2, 0) is 11.3 Å². The van der Waals surface area contributed by atoms with Gasteiger partial charge in [-0.3, -0.25) is 9.69 Å². The maximum absolute atomic E-state index is 13.4. The van der Waals surface area contributed by atoms with E-state index in [1.807, 2.05) is 12.1 Å². The molecule has 4 heterocycles. The van der Waals surface area contributed by atoms with E-state index in [1.165, 1.54) is 16.8 Å². The minimum atomic E-state index is -0.168. The van der Waals surface area contributed by atoms with Crippen molar-refractivity contribution in [3.05, 3.63) is 47.7 Å². The van der Waals surface area contributed by atoms with Crippen molar-refractivity contribution in [2.24, 2.45) is 5.92 Å². The average molecular weight is 492 g/mol. The smallest absolute Gasteiger partial charge is 0.225 e. The Morgan fingerprint density at radius 1 is 1.08 bits per heavy atom. The van der Waals surface area contributed by atoms with Gasteiger partial charge in [-0.25, -0.2) is 4.98 Å². The number of aryl methyl sites for hydroxylation is 1. The highest BCUT2D eigenvalue weighted by atomic mass is 16.5. The van der Waals surface area contributed by atoms with Gasteiger partial charge in [0.1, 0.15) is 17.2 Å². The fourth-order valence-electron chi connectivity index (χ4n) is 6.14. The molecule has 1 aromatic heterocycles. The zero-order valence-electron chi connectivity index (χ0n) is 21.9. The number of amides is 1. The van der Waals surface area contributed by atoms with E-state index in [0.29, 0.717) is 11.7 Å². The maximum Gasteiger partial charge on any atom is 0.225 e. The number of fused-ring (bicyclic) bond motifs is 1. The van der Waals surface area contributed by atoms with Crippen LogP contribution >= 0.6 is 0 Å². The van der Waals surface area contributed by atoms with Gasteiger partial charge in [0, 0.05) is 64.1 Å². The Bertz CT molecular complexity index is 1060. The van der Waals surface area contributed by atoms with Crippen molar-refractivity contribution < 1.29 is 9.53 Å². The molecule has 0 saturated carbocycles. The third-order valence-electron chi connectivity index (χ3n) is 8.29. The van der Waals surface area contributed by atoms with Crippen LogP contribution in [-0.4, -0.2) is 65.6 Å². The topological polar surface area (TPSA) is 74.9 Å². The molecule has 0 bridgehead atoms. The third kappa shape index (κ3) is 5.46. The molecule has 1 amide bonds. The molecule has 0 unspecified atom stereocenters. The number of hydrogen-bond donors (Lipinski definition) is 1. The first-order chi connectivity index (χ1) is 17.4. The highest BCUT2D eigenvalue weighted by Gasteiger charge is 2.41. The summed E-state index contributed by atoms with van der Waals surface area (Å²) in [5.41, 5.74) is 9.35. The van der Waals surface area contributed by atoms with E-state index in [0.717, 1.165) is 90.1 Å². The first kappa shape index (κ1) is 24.9. The van der Waals surface area contributed by atoms with Crippen LogP contribution < -0.4 is 15.4 Å². The van der Waals surface area contributed by atoms with Crippen LogP contribution in [0.15, 0.2) is 36.5 Å². The van der Waals surface area contributed by atoms with E-state index in [9.17, 15) is 4.79 Å².